The van der Waals surface area contributed by atoms with E-state index in [2.05, 4.69) is 10.0 Å². The molecule has 1 N–H and O–H groups in total. The molecule has 0 spiro atoms. The third-order valence-corrected chi connectivity index (χ3v) is 1.43. The molecular weight excluding hydrogens is 186 g/mol. The molecule has 0 bridgehead atoms. The smallest absolute Gasteiger partial charge is 0.0700 e. The number of aliphatic hydroxyl groups is 1. The van der Waals surface area contributed by atoms with Crippen LogP contribution in [-0.2, 0) is 9.47 Å². The summed E-state index contributed by atoms with van der Waals surface area (Å²) in [6.45, 7) is 2.87. The minimum atomic E-state index is 0.160. The van der Waals surface area contributed by atoms with Crippen molar-refractivity contribution in [3.63, 3.8) is 0 Å². The first-order valence-electron chi connectivity index (χ1n) is 4.69. The molecule has 0 saturated heterocycles. The Kier molecular flexibility index (Phi) is 11.5. The zero-order chi connectivity index (χ0) is 10.5. The molecule has 0 atom stereocenters. The molecule has 82 valence electrons. The average molecular weight is 203 g/mol. The molecule has 0 unspecified atom stereocenters. The Labute approximate surface area is 83.4 Å². The first-order chi connectivity index (χ1) is 6.91. The van der Waals surface area contributed by atoms with Crippen LogP contribution in [0.3, 0.4) is 0 Å². The largest absolute Gasteiger partial charge is 0.396 e. The Morgan fingerprint density at radius 3 is 2.29 bits per heavy atom. The van der Waals surface area contributed by atoms with Crippen molar-refractivity contribution in [2.45, 2.75) is 12.8 Å². The molecular formula is C8H17N3O3. The number of rotatable bonds is 10. The second kappa shape index (κ2) is 12.2. The van der Waals surface area contributed by atoms with Gasteiger partial charge in [-0.05, 0) is 18.4 Å². The first kappa shape index (κ1) is 13.2. The molecule has 0 saturated carbocycles. The molecule has 0 radical (unpaired) electrons. The van der Waals surface area contributed by atoms with Gasteiger partial charge in [0, 0.05) is 31.3 Å². The molecule has 6 nitrogen and oxygen atoms in total. The van der Waals surface area contributed by atoms with Gasteiger partial charge in [0.05, 0.1) is 13.2 Å². The van der Waals surface area contributed by atoms with Gasteiger partial charge >= 0.3 is 0 Å². The third kappa shape index (κ3) is 11.2. The predicted molar refractivity (Wildman–Crippen MR) is 52.0 cm³/mol. The molecule has 6 heteroatoms. The van der Waals surface area contributed by atoms with Crippen LogP contribution in [0.1, 0.15) is 12.8 Å². The maximum atomic E-state index is 8.44. The van der Waals surface area contributed by atoms with Gasteiger partial charge in [-0.25, -0.2) is 0 Å². The van der Waals surface area contributed by atoms with Crippen LogP contribution in [-0.4, -0.2) is 44.7 Å². The lowest BCUT2D eigenvalue weighted by Crippen LogP contribution is -2.07. The Balaban J connectivity index is 2.88. The van der Waals surface area contributed by atoms with Gasteiger partial charge in [0.25, 0.3) is 0 Å². The lowest BCUT2D eigenvalue weighted by molar-refractivity contribution is 0.0423. The van der Waals surface area contributed by atoms with Crippen LogP contribution >= 0.6 is 0 Å². The summed E-state index contributed by atoms with van der Waals surface area (Å²) in [5, 5.41) is 11.8. The predicted octanol–water partition coefficient (Wildman–Crippen LogP) is 1.10. The van der Waals surface area contributed by atoms with Crippen LogP contribution in [0.15, 0.2) is 5.11 Å². The summed E-state index contributed by atoms with van der Waals surface area (Å²) in [5.74, 6) is 0. The van der Waals surface area contributed by atoms with Crippen LogP contribution in [0.2, 0.25) is 0 Å². The highest BCUT2D eigenvalue weighted by molar-refractivity contribution is 4.45. The molecule has 0 aromatic carbocycles. The molecule has 0 amide bonds. The van der Waals surface area contributed by atoms with Crippen molar-refractivity contribution < 1.29 is 14.6 Å². The van der Waals surface area contributed by atoms with Crippen molar-refractivity contribution in [1.29, 1.82) is 0 Å². The summed E-state index contributed by atoms with van der Waals surface area (Å²) in [4.78, 5) is 2.62. The summed E-state index contributed by atoms with van der Waals surface area (Å²) in [7, 11) is 0. The Morgan fingerprint density at radius 2 is 1.71 bits per heavy atom. The number of nitrogens with zero attached hydrogens (tertiary/aromatic N) is 3. The van der Waals surface area contributed by atoms with Crippen LogP contribution in [0.4, 0.5) is 0 Å². The highest BCUT2D eigenvalue weighted by Gasteiger charge is 1.89. The van der Waals surface area contributed by atoms with E-state index in [0.29, 0.717) is 39.4 Å². The highest BCUT2D eigenvalue weighted by atomic mass is 16.5. The van der Waals surface area contributed by atoms with E-state index in [-0.39, 0.29) is 6.61 Å². The molecule has 0 aliphatic carbocycles. The molecule has 0 aromatic rings. The topological polar surface area (TPSA) is 87.5 Å². The minimum Gasteiger partial charge on any atom is -0.396 e. The zero-order valence-electron chi connectivity index (χ0n) is 8.26. The van der Waals surface area contributed by atoms with E-state index >= 15 is 0 Å². The lowest BCUT2D eigenvalue weighted by atomic mass is 10.5. The van der Waals surface area contributed by atoms with E-state index in [1.807, 2.05) is 0 Å². The monoisotopic (exact) mass is 203 g/mol. The van der Waals surface area contributed by atoms with Crippen molar-refractivity contribution in [1.82, 2.24) is 0 Å². The van der Waals surface area contributed by atoms with Gasteiger partial charge in [-0.3, -0.25) is 0 Å². The van der Waals surface area contributed by atoms with E-state index in [0.717, 1.165) is 6.42 Å². The Bertz CT molecular complexity index is 160. The number of hydrogen-bond acceptors (Lipinski definition) is 4. The van der Waals surface area contributed by atoms with Crippen molar-refractivity contribution in [3.05, 3.63) is 10.4 Å². The van der Waals surface area contributed by atoms with Crippen molar-refractivity contribution >= 4 is 0 Å². The molecule has 0 aromatic heterocycles. The summed E-state index contributed by atoms with van der Waals surface area (Å²) >= 11 is 0. The Morgan fingerprint density at radius 1 is 1.07 bits per heavy atom. The van der Waals surface area contributed by atoms with Gasteiger partial charge in [0.15, 0.2) is 0 Å². The summed E-state index contributed by atoms with van der Waals surface area (Å²) in [5.41, 5.74) is 7.97. The van der Waals surface area contributed by atoms with Gasteiger partial charge in [-0.2, -0.15) is 0 Å². The fourth-order valence-corrected chi connectivity index (χ4v) is 0.771. The summed E-state index contributed by atoms with van der Waals surface area (Å²) < 4.78 is 10.3. The van der Waals surface area contributed by atoms with E-state index in [9.17, 15) is 0 Å². The van der Waals surface area contributed by atoms with E-state index < -0.39 is 0 Å². The first-order valence-corrected chi connectivity index (χ1v) is 4.69. The number of aliphatic hydroxyl groups excluding tert-OH is 1. The SMILES string of the molecule is [N-]=[N+]=NCCCOCCOCCCO. The zero-order valence-corrected chi connectivity index (χ0v) is 8.26. The molecule has 0 aliphatic heterocycles. The van der Waals surface area contributed by atoms with E-state index in [1.165, 1.54) is 0 Å². The lowest BCUT2D eigenvalue weighted by Gasteiger charge is -2.03. The van der Waals surface area contributed by atoms with E-state index in [4.69, 9.17) is 20.1 Å². The normalized spacial score (nSPS) is 9.79. The van der Waals surface area contributed by atoms with Crippen molar-refractivity contribution in [2.75, 3.05) is 39.6 Å². The second-order valence-electron chi connectivity index (χ2n) is 2.61. The second-order valence-corrected chi connectivity index (χ2v) is 2.61. The van der Waals surface area contributed by atoms with Crippen LogP contribution in [0.5, 0.6) is 0 Å². The number of ether oxygens (including phenoxy) is 2. The standard InChI is InChI=1S/C8H17N3O3/c9-11-10-3-1-5-13-7-8-14-6-2-4-12/h12H,1-8H2. The van der Waals surface area contributed by atoms with Gasteiger partial charge in [-0.1, -0.05) is 5.11 Å². The van der Waals surface area contributed by atoms with Crippen LogP contribution < -0.4 is 0 Å². The van der Waals surface area contributed by atoms with Gasteiger partial charge in [-0.15, -0.1) is 0 Å². The fraction of sp³-hybridized carbons (Fsp3) is 1.00. The number of hydrogen-bond donors (Lipinski definition) is 1. The average Bonchev–Trinajstić information content (AvgIpc) is 2.21. The van der Waals surface area contributed by atoms with Gasteiger partial charge < -0.3 is 14.6 Å². The van der Waals surface area contributed by atoms with Crippen molar-refractivity contribution in [3.8, 4) is 0 Å². The number of azide groups is 1. The van der Waals surface area contributed by atoms with E-state index in [1.54, 1.807) is 0 Å². The quantitative estimate of drug-likeness (QED) is 0.249. The maximum Gasteiger partial charge on any atom is 0.0700 e. The van der Waals surface area contributed by atoms with Crippen LogP contribution in [0.25, 0.3) is 10.4 Å². The molecule has 0 fully saturated rings. The Hall–Kier alpha value is -0.810. The summed E-state index contributed by atoms with van der Waals surface area (Å²) in [6, 6.07) is 0. The van der Waals surface area contributed by atoms with Gasteiger partial charge in [0.1, 0.15) is 0 Å². The van der Waals surface area contributed by atoms with Gasteiger partial charge in [0.2, 0.25) is 0 Å². The molecule has 0 rings (SSSR count). The third-order valence-electron chi connectivity index (χ3n) is 1.43. The molecule has 14 heavy (non-hydrogen) atoms. The fourth-order valence-electron chi connectivity index (χ4n) is 0.771. The highest BCUT2D eigenvalue weighted by Crippen LogP contribution is 1.86. The van der Waals surface area contributed by atoms with Crippen molar-refractivity contribution in [2.24, 2.45) is 5.11 Å². The van der Waals surface area contributed by atoms with Crippen LogP contribution in [0, 0.1) is 0 Å². The maximum absolute atomic E-state index is 8.44. The molecule has 0 heterocycles. The summed E-state index contributed by atoms with van der Waals surface area (Å²) in [6.07, 6.45) is 1.40. The minimum absolute atomic E-state index is 0.160. The molecule has 0 aliphatic rings.